The first-order chi connectivity index (χ1) is 5.74. The Morgan fingerprint density at radius 3 is 2.92 bits per heavy atom. The van der Waals surface area contributed by atoms with Gasteiger partial charge >= 0.3 is 0 Å². The molecule has 1 heterocycles. The van der Waals surface area contributed by atoms with Crippen LogP contribution >= 0.6 is 0 Å². The van der Waals surface area contributed by atoms with Gasteiger partial charge in [-0.25, -0.2) is 0 Å². The van der Waals surface area contributed by atoms with Crippen LogP contribution in [0, 0.1) is 0 Å². The Morgan fingerprint density at radius 1 is 1.67 bits per heavy atom. The van der Waals surface area contributed by atoms with E-state index in [2.05, 4.69) is 10.6 Å². The maximum atomic E-state index is 10.8. The third kappa shape index (κ3) is 2.46. The number of hydrogen-bond donors (Lipinski definition) is 3. The average Bonchev–Trinajstić information content (AvgIpc) is 2.48. The molecule has 1 amide bonds. The molecule has 0 bridgehead atoms. The van der Waals surface area contributed by atoms with Gasteiger partial charge in [0.15, 0.2) is 0 Å². The first kappa shape index (κ1) is 9.48. The molecular formula is C8H17N3O. The molecule has 1 rings (SSSR count). The van der Waals surface area contributed by atoms with Crippen LogP contribution in [0.25, 0.3) is 0 Å². The molecule has 0 aromatic carbocycles. The van der Waals surface area contributed by atoms with Crippen molar-refractivity contribution in [3.63, 3.8) is 0 Å². The Kier molecular flexibility index (Phi) is 3.49. The molecule has 12 heavy (non-hydrogen) atoms. The van der Waals surface area contributed by atoms with Crippen LogP contribution < -0.4 is 16.4 Å². The summed E-state index contributed by atoms with van der Waals surface area (Å²) in [5.41, 5.74) is 5.17. The van der Waals surface area contributed by atoms with Gasteiger partial charge in [0.1, 0.15) is 0 Å². The van der Waals surface area contributed by atoms with Gasteiger partial charge in [-0.05, 0) is 32.9 Å². The van der Waals surface area contributed by atoms with Gasteiger partial charge in [0, 0.05) is 6.04 Å². The van der Waals surface area contributed by atoms with E-state index in [-0.39, 0.29) is 11.9 Å². The second-order valence-corrected chi connectivity index (χ2v) is 3.29. The van der Waals surface area contributed by atoms with Crippen molar-refractivity contribution >= 4 is 5.91 Å². The third-order valence-corrected chi connectivity index (χ3v) is 2.33. The number of primary amides is 1. The molecule has 70 valence electrons. The maximum Gasteiger partial charge on any atom is 0.234 e. The van der Waals surface area contributed by atoms with Crippen LogP contribution in [0.2, 0.25) is 0 Å². The second kappa shape index (κ2) is 4.42. The van der Waals surface area contributed by atoms with Crippen LogP contribution in [0.1, 0.15) is 19.3 Å². The van der Waals surface area contributed by atoms with Crippen LogP contribution in [-0.4, -0.2) is 31.6 Å². The van der Waals surface area contributed by atoms with E-state index in [1.54, 1.807) is 0 Å². The molecular weight excluding hydrogens is 154 g/mol. The first-order valence-electron chi connectivity index (χ1n) is 4.44. The Bertz CT molecular complexity index is 160. The van der Waals surface area contributed by atoms with Gasteiger partial charge < -0.3 is 16.4 Å². The number of rotatable bonds is 4. The Morgan fingerprint density at radius 2 is 2.42 bits per heavy atom. The van der Waals surface area contributed by atoms with Gasteiger partial charge in [-0.3, -0.25) is 4.79 Å². The molecule has 4 N–H and O–H groups in total. The summed E-state index contributed by atoms with van der Waals surface area (Å²) in [6, 6.07) is 0.377. The van der Waals surface area contributed by atoms with Gasteiger partial charge in [-0.1, -0.05) is 0 Å². The second-order valence-electron chi connectivity index (χ2n) is 3.29. The van der Waals surface area contributed by atoms with Gasteiger partial charge in [0.2, 0.25) is 5.91 Å². The van der Waals surface area contributed by atoms with E-state index in [1.165, 1.54) is 0 Å². The zero-order valence-corrected chi connectivity index (χ0v) is 7.47. The first-order valence-corrected chi connectivity index (χ1v) is 4.44. The molecule has 0 saturated carbocycles. The van der Waals surface area contributed by atoms with Gasteiger partial charge in [0.05, 0.1) is 6.04 Å². The van der Waals surface area contributed by atoms with Crippen molar-refractivity contribution in [2.24, 2.45) is 5.73 Å². The number of hydrogen-bond acceptors (Lipinski definition) is 3. The van der Waals surface area contributed by atoms with Gasteiger partial charge in [-0.2, -0.15) is 0 Å². The number of nitrogens with one attached hydrogen (secondary N) is 2. The monoisotopic (exact) mass is 171 g/mol. The fraction of sp³-hybridized carbons (Fsp3) is 0.875. The highest BCUT2D eigenvalue weighted by molar-refractivity contribution is 5.80. The van der Waals surface area contributed by atoms with Crippen molar-refractivity contribution in [3.8, 4) is 0 Å². The maximum absolute atomic E-state index is 10.8. The summed E-state index contributed by atoms with van der Waals surface area (Å²) in [7, 11) is 1.93. The minimum atomic E-state index is -0.220. The molecule has 1 saturated heterocycles. The fourth-order valence-electron chi connectivity index (χ4n) is 1.59. The predicted octanol–water partition coefficient (Wildman–Crippen LogP) is -0.798. The Hall–Kier alpha value is -0.610. The van der Waals surface area contributed by atoms with E-state index in [0.717, 1.165) is 25.8 Å². The molecule has 0 spiro atoms. The summed E-state index contributed by atoms with van der Waals surface area (Å²) in [5.74, 6) is -0.220. The number of carbonyl (C=O) groups excluding carboxylic acids is 1. The van der Waals surface area contributed by atoms with Crippen LogP contribution in [0.3, 0.4) is 0 Å². The van der Waals surface area contributed by atoms with Crippen molar-refractivity contribution in [1.29, 1.82) is 0 Å². The zero-order valence-electron chi connectivity index (χ0n) is 7.47. The summed E-state index contributed by atoms with van der Waals surface area (Å²) in [4.78, 5) is 10.8. The Balaban J connectivity index is 2.21. The standard InChI is InChI=1S/C8H17N3O/c1-10-5-4-6-2-3-7(11-6)8(9)12/h6-7,10-11H,2-5H2,1H3,(H2,9,12). The van der Waals surface area contributed by atoms with E-state index in [0.29, 0.717) is 6.04 Å². The minimum Gasteiger partial charge on any atom is -0.368 e. The normalized spacial score (nSPS) is 29.1. The quantitative estimate of drug-likeness (QED) is 0.519. The van der Waals surface area contributed by atoms with Crippen molar-refractivity contribution < 1.29 is 4.79 Å². The largest absolute Gasteiger partial charge is 0.368 e. The van der Waals surface area contributed by atoms with Crippen molar-refractivity contribution in [2.75, 3.05) is 13.6 Å². The summed E-state index contributed by atoms with van der Waals surface area (Å²) in [6.45, 7) is 0.989. The van der Waals surface area contributed by atoms with E-state index in [9.17, 15) is 4.79 Å². The molecule has 2 atom stereocenters. The average molecular weight is 171 g/mol. The van der Waals surface area contributed by atoms with E-state index >= 15 is 0 Å². The molecule has 1 aliphatic heterocycles. The van der Waals surface area contributed by atoms with Gasteiger partial charge in [0.25, 0.3) is 0 Å². The van der Waals surface area contributed by atoms with Crippen molar-refractivity contribution in [2.45, 2.75) is 31.3 Å². The highest BCUT2D eigenvalue weighted by atomic mass is 16.1. The lowest BCUT2D eigenvalue weighted by atomic mass is 10.1. The molecule has 0 aromatic heterocycles. The molecule has 4 heteroatoms. The molecule has 0 aromatic rings. The zero-order chi connectivity index (χ0) is 8.97. The SMILES string of the molecule is CNCCC1CCC(C(N)=O)N1. The van der Waals surface area contributed by atoms with Crippen molar-refractivity contribution in [1.82, 2.24) is 10.6 Å². The van der Waals surface area contributed by atoms with Crippen molar-refractivity contribution in [3.05, 3.63) is 0 Å². The number of amides is 1. The summed E-state index contributed by atoms with van der Waals surface area (Å²) < 4.78 is 0. The summed E-state index contributed by atoms with van der Waals surface area (Å²) >= 11 is 0. The summed E-state index contributed by atoms with van der Waals surface area (Å²) in [6.07, 6.45) is 3.03. The topological polar surface area (TPSA) is 67.1 Å². The van der Waals surface area contributed by atoms with Crippen LogP contribution in [0.4, 0.5) is 0 Å². The lowest BCUT2D eigenvalue weighted by molar-refractivity contribution is -0.119. The molecule has 0 aliphatic carbocycles. The highest BCUT2D eigenvalue weighted by Crippen LogP contribution is 2.13. The number of carbonyl (C=O) groups is 1. The highest BCUT2D eigenvalue weighted by Gasteiger charge is 2.26. The van der Waals surface area contributed by atoms with Crippen LogP contribution in [0.15, 0.2) is 0 Å². The number of nitrogens with two attached hydrogens (primary N) is 1. The molecule has 4 nitrogen and oxygen atoms in total. The molecule has 0 radical (unpaired) electrons. The Labute approximate surface area is 72.9 Å². The minimum absolute atomic E-state index is 0.0909. The van der Waals surface area contributed by atoms with E-state index in [4.69, 9.17) is 5.73 Å². The smallest absolute Gasteiger partial charge is 0.234 e. The molecule has 2 unspecified atom stereocenters. The fourth-order valence-corrected chi connectivity index (χ4v) is 1.59. The lowest BCUT2D eigenvalue weighted by Crippen LogP contribution is -2.40. The third-order valence-electron chi connectivity index (χ3n) is 2.33. The molecule has 1 aliphatic rings. The van der Waals surface area contributed by atoms with Crippen LogP contribution in [-0.2, 0) is 4.79 Å². The predicted molar refractivity (Wildman–Crippen MR) is 47.7 cm³/mol. The van der Waals surface area contributed by atoms with Gasteiger partial charge in [-0.15, -0.1) is 0 Å². The van der Waals surface area contributed by atoms with Crippen LogP contribution in [0.5, 0.6) is 0 Å². The lowest BCUT2D eigenvalue weighted by Gasteiger charge is -2.11. The van der Waals surface area contributed by atoms with E-state index in [1.807, 2.05) is 7.05 Å². The molecule has 1 fully saturated rings. The summed E-state index contributed by atoms with van der Waals surface area (Å²) in [5, 5.41) is 6.29. The van der Waals surface area contributed by atoms with E-state index < -0.39 is 0 Å².